The molecule has 36 heavy (non-hydrogen) atoms. The summed E-state index contributed by atoms with van der Waals surface area (Å²) in [5, 5.41) is -0.885. The van der Waals surface area contributed by atoms with Crippen molar-refractivity contribution in [2.24, 2.45) is 0 Å². The zero-order valence-corrected chi connectivity index (χ0v) is 18.5. The van der Waals surface area contributed by atoms with Crippen LogP contribution in [0, 0.1) is 0 Å². The van der Waals surface area contributed by atoms with Gasteiger partial charge in [0.25, 0.3) is 0 Å². The minimum Gasteiger partial charge on any atom is -0.204 e. The van der Waals surface area contributed by atoms with Crippen molar-refractivity contribution < 1.29 is 74.6 Å². The predicted molar refractivity (Wildman–Crippen MR) is 94.3 cm³/mol. The lowest BCUT2D eigenvalue weighted by molar-refractivity contribution is -0.458. The van der Waals surface area contributed by atoms with Crippen LogP contribution in [0.5, 0.6) is 0 Å². The van der Waals surface area contributed by atoms with Gasteiger partial charge in [-0.3, -0.25) is 0 Å². The summed E-state index contributed by atoms with van der Waals surface area (Å²) in [6.07, 6.45) is -7.04. The van der Waals surface area contributed by atoms with E-state index < -0.39 is 66.1 Å². The molecule has 0 amide bonds. The third kappa shape index (κ3) is 3.88. The second kappa shape index (κ2) is 8.51. The second-order valence-corrected chi connectivity index (χ2v) is 12.4. The van der Waals surface area contributed by atoms with Crippen molar-refractivity contribution in [1.82, 2.24) is 0 Å². The molecule has 0 unspecified atom stereocenters. The van der Waals surface area contributed by atoms with Gasteiger partial charge < -0.3 is 0 Å². The molecule has 0 aliphatic rings. The van der Waals surface area contributed by atoms with Crippen LogP contribution in [0.2, 0.25) is 13.1 Å². The Morgan fingerprint density at radius 2 is 0.889 bits per heavy atom. The molecule has 0 aromatic heterocycles. The molecule has 0 heterocycles. The molecule has 0 fully saturated rings. The van der Waals surface area contributed by atoms with E-state index in [-0.39, 0.29) is 13.1 Å². The lowest BCUT2D eigenvalue weighted by atomic mass is 9.91. The average Bonchev–Trinajstić information content (AvgIpc) is 2.71. The molecule has 0 aliphatic carbocycles. The zero-order valence-electron chi connectivity index (χ0n) is 17.5. The SMILES string of the molecule is C=Cc1ccccc1[Si](C)(C)C(F)(F)C(F)(F)C(F)(F)C(F)(F)C(F)(F)C(F)(F)C(F)(F)C(F)(F)F. The Balaban J connectivity index is 3.83. The number of hydrogen-bond donors (Lipinski definition) is 0. The van der Waals surface area contributed by atoms with Crippen LogP contribution >= 0.6 is 0 Å². The Kier molecular flexibility index (Phi) is 7.57. The Morgan fingerprint density at radius 1 is 0.556 bits per heavy atom. The molecule has 1 aromatic carbocycles. The van der Waals surface area contributed by atoms with E-state index in [2.05, 4.69) is 6.58 Å². The lowest BCUT2D eigenvalue weighted by Gasteiger charge is -2.45. The van der Waals surface area contributed by atoms with Crippen LogP contribution in [0.15, 0.2) is 30.8 Å². The summed E-state index contributed by atoms with van der Waals surface area (Å²) in [6, 6.07) is 3.56. The van der Waals surface area contributed by atoms with Crippen LogP contribution in [-0.2, 0) is 0 Å². The van der Waals surface area contributed by atoms with Crippen molar-refractivity contribution in [2.75, 3.05) is 0 Å². The standard InChI is InChI=1S/C18H13F17Si/c1-4-9-7-5-6-8-10(9)36(2,3)18(34,35)16(29,30)14(25,26)12(21,22)11(19,20)13(23,24)15(27,28)17(31,32)33/h4-8H,1H2,2-3H3. The molecule has 208 valence electrons. The van der Waals surface area contributed by atoms with E-state index >= 15 is 0 Å². The fraction of sp³-hybridized carbons (Fsp3) is 0.556. The van der Waals surface area contributed by atoms with Gasteiger partial charge in [-0.25, -0.2) is 8.78 Å². The summed E-state index contributed by atoms with van der Waals surface area (Å²) in [6.45, 7) is 3.45. The number of alkyl halides is 17. The first kappa shape index (κ1) is 32.0. The van der Waals surface area contributed by atoms with Crippen molar-refractivity contribution in [2.45, 2.75) is 60.4 Å². The molecule has 0 saturated carbocycles. The first-order valence-corrected chi connectivity index (χ1v) is 12.0. The van der Waals surface area contributed by atoms with Gasteiger partial charge in [0.15, 0.2) is 8.07 Å². The van der Waals surface area contributed by atoms with Gasteiger partial charge in [0.1, 0.15) is 0 Å². The van der Waals surface area contributed by atoms with E-state index in [0.717, 1.165) is 24.3 Å². The molecular weight excluding hydrogens is 567 g/mol. The summed E-state index contributed by atoms with van der Waals surface area (Å²) < 4.78 is 230. The monoisotopic (exact) mass is 580 g/mol. The van der Waals surface area contributed by atoms with Crippen molar-refractivity contribution in [3.63, 3.8) is 0 Å². The average molecular weight is 580 g/mol. The summed E-state index contributed by atoms with van der Waals surface area (Å²) in [5.41, 5.74) is -6.86. The van der Waals surface area contributed by atoms with Gasteiger partial charge in [0.05, 0.1) is 0 Å². The Morgan fingerprint density at radius 3 is 1.25 bits per heavy atom. The van der Waals surface area contributed by atoms with Crippen LogP contribution in [-0.4, -0.2) is 55.3 Å². The first-order valence-electron chi connectivity index (χ1n) is 8.99. The van der Waals surface area contributed by atoms with E-state index in [1.54, 1.807) is 0 Å². The van der Waals surface area contributed by atoms with E-state index in [9.17, 15) is 74.6 Å². The maximum absolute atomic E-state index is 14.8. The summed E-state index contributed by atoms with van der Waals surface area (Å²) in [4.78, 5) is 0. The van der Waals surface area contributed by atoms with E-state index in [1.165, 1.54) is 0 Å². The molecule has 0 saturated heterocycles. The molecular formula is C18H13F17Si. The number of benzene rings is 1. The van der Waals surface area contributed by atoms with Crippen LogP contribution < -0.4 is 5.19 Å². The Labute approximate surface area is 191 Å². The van der Waals surface area contributed by atoms with Gasteiger partial charge in [0.2, 0.25) is 0 Å². The highest BCUT2D eigenvalue weighted by Gasteiger charge is 2.95. The van der Waals surface area contributed by atoms with Crippen LogP contribution in [0.3, 0.4) is 0 Å². The molecule has 18 heteroatoms. The lowest BCUT2D eigenvalue weighted by Crippen LogP contribution is -2.78. The summed E-state index contributed by atoms with van der Waals surface area (Å²) >= 11 is 0. The van der Waals surface area contributed by atoms with Gasteiger partial charge in [-0.15, -0.1) is 0 Å². The van der Waals surface area contributed by atoms with Crippen molar-refractivity contribution >= 4 is 19.3 Å². The number of hydrogen-bond acceptors (Lipinski definition) is 0. The van der Waals surface area contributed by atoms with Crippen molar-refractivity contribution in [3.8, 4) is 0 Å². The van der Waals surface area contributed by atoms with Crippen molar-refractivity contribution in [3.05, 3.63) is 36.4 Å². The van der Waals surface area contributed by atoms with Crippen LogP contribution in [0.4, 0.5) is 74.6 Å². The molecule has 1 rings (SSSR count). The predicted octanol–water partition coefficient (Wildman–Crippen LogP) is 7.79. The van der Waals surface area contributed by atoms with Gasteiger partial charge in [-0.05, 0) is 10.8 Å². The first-order chi connectivity index (χ1) is 15.6. The minimum atomic E-state index is -8.63. The number of rotatable bonds is 9. The van der Waals surface area contributed by atoms with Crippen LogP contribution in [0.1, 0.15) is 5.56 Å². The third-order valence-corrected chi connectivity index (χ3v) is 9.05. The van der Waals surface area contributed by atoms with E-state index in [4.69, 9.17) is 0 Å². The Hall–Kier alpha value is -2.01. The summed E-state index contributed by atoms with van der Waals surface area (Å²) in [7, 11) is -5.60. The molecule has 0 nitrogen and oxygen atoms in total. The third-order valence-electron chi connectivity index (χ3n) is 5.36. The maximum Gasteiger partial charge on any atom is 0.460 e. The second-order valence-electron chi connectivity index (χ2n) is 7.93. The highest BCUT2D eigenvalue weighted by atomic mass is 28.3. The summed E-state index contributed by atoms with van der Waals surface area (Å²) in [5.74, 6) is -49.9. The Bertz CT molecular complexity index is 974. The fourth-order valence-corrected chi connectivity index (χ4v) is 5.67. The molecule has 0 bridgehead atoms. The topological polar surface area (TPSA) is 0 Å². The van der Waals surface area contributed by atoms with Crippen molar-refractivity contribution in [1.29, 1.82) is 0 Å². The normalized spacial score (nSPS) is 15.8. The largest absolute Gasteiger partial charge is 0.460 e. The molecule has 0 aliphatic heterocycles. The van der Waals surface area contributed by atoms with E-state index in [0.29, 0.717) is 6.07 Å². The molecule has 0 radical (unpaired) electrons. The van der Waals surface area contributed by atoms with Crippen LogP contribution in [0.25, 0.3) is 6.08 Å². The van der Waals surface area contributed by atoms with E-state index in [1.807, 2.05) is 0 Å². The molecule has 0 spiro atoms. The highest BCUT2D eigenvalue weighted by molar-refractivity contribution is 6.92. The molecule has 0 atom stereocenters. The highest BCUT2D eigenvalue weighted by Crippen LogP contribution is 2.64. The smallest absolute Gasteiger partial charge is 0.204 e. The van der Waals surface area contributed by atoms with Gasteiger partial charge >= 0.3 is 47.3 Å². The quantitative estimate of drug-likeness (QED) is 0.207. The van der Waals surface area contributed by atoms with Gasteiger partial charge in [-0.1, -0.05) is 50.0 Å². The van der Waals surface area contributed by atoms with Gasteiger partial charge in [0, 0.05) is 0 Å². The molecule has 1 aromatic rings. The molecule has 0 N–H and O–H groups in total. The maximum atomic E-state index is 14.8. The fourth-order valence-electron chi connectivity index (χ4n) is 2.97. The van der Waals surface area contributed by atoms with Gasteiger partial charge in [-0.2, -0.15) is 65.9 Å². The zero-order chi connectivity index (χ0) is 29.2. The number of halogens is 17. The minimum absolute atomic E-state index is 0.169.